The number of carbonyl (C=O) groups is 3. The molecule has 2 N–H and O–H groups in total. The zero-order chi connectivity index (χ0) is 15.8. The standard InChI is InChI=1S/C13H18N4O3S/c1-9(2)6-16-12(19)10(5-14)7-15-3-4-17-11(18)8-21-13(17)20/h7,9,15H,3-4,6,8H2,1-2H3,(H,16,19)/b10-7-. The van der Waals surface area contributed by atoms with E-state index in [1.807, 2.05) is 13.8 Å². The molecule has 0 saturated carbocycles. The highest BCUT2D eigenvalue weighted by molar-refractivity contribution is 8.14. The van der Waals surface area contributed by atoms with Gasteiger partial charge in [-0.15, -0.1) is 0 Å². The highest BCUT2D eigenvalue weighted by atomic mass is 32.2. The Kier molecular flexibility index (Phi) is 6.75. The van der Waals surface area contributed by atoms with Gasteiger partial charge in [0.2, 0.25) is 5.91 Å². The van der Waals surface area contributed by atoms with Gasteiger partial charge < -0.3 is 10.6 Å². The van der Waals surface area contributed by atoms with Gasteiger partial charge in [-0.2, -0.15) is 5.26 Å². The van der Waals surface area contributed by atoms with Crippen LogP contribution in [0.15, 0.2) is 11.8 Å². The zero-order valence-electron chi connectivity index (χ0n) is 12.0. The summed E-state index contributed by atoms with van der Waals surface area (Å²) < 4.78 is 0. The van der Waals surface area contributed by atoms with Crippen LogP contribution in [-0.2, 0) is 9.59 Å². The topological polar surface area (TPSA) is 102 Å². The molecule has 0 radical (unpaired) electrons. The molecule has 0 unspecified atom stereocenters. The molecule has 21 heavy (non-hydrogen) atoms. The Bertz CT molecular complexity index is 480. The van der Waals surface area contributed by atoms with Crippen molar-refractivity contribution in [2.45, 2.75) is 13.8 Å². The van der Waals surface area contributed by atoms with Crippen LogP contribution in [0.2, 0.25) is 0 Å². The van der Waals surface area contributed by atoms with Gasteiger partial charge in [0.15, 0.2) is 0 Å². The van der Waals surface area contributed by atoms with Gasteiger partial charge in [-0.3, -0.25) is 19.3 Å². The second kappa shape index (κ2) is 8.32. The van der Waals surface area contributed by atoms with Crippen LogP contribution in [0.4, 0.5) is 4.79 Å². The van der Waals surface area contributed by atoms with Crippen molar-refractivity contribution in [3.63, 3.8) is 0 Å². The number of amides is 3. The van der Waals surface area contributed by atoms with Crippen LogP contribution in [0.1, 0.15) is 13.8 Å². The van der Waals surface area contributed by atoms with Crippen LogP contribution in [0.25, 0.3) is 0 Å². The first kappa shape index (κ1) is 17.0. The fourth-order valence-corrected chi connectivity index (χ4v) is 2.24. The largest absolute Gasteiger partial charge is 0.388 e. The van der Waals surface area contributed by atoms with E-state index in [9.17, 15) is 14.4 Å². The molecule has 3 amide bonds. The van der Waals surface area contributed by atoms with Crippen LogP contribution in [0.5, 0.6) is 0 Å². The number of hydrogen-bond donors (Lipinski definition) is 2. The van der Waals surface area contributed by atoms with Gasteiger partial charge in [-0.05, 0) is 5.92 Å². The van der Waals surface area contributed by atoms with E-state index in [-0.39, 0.29) is 29.0 Å². The van der Waals surface area contributed by atoms with E-state index in [0.29, 0.717) is 19.0 Å². The van der Waals surface area contributed by atoms with E-state index >= 15 is 0 Å². The monoisotopic (exact) mass is 310 g/mol. The number of hydrogen-bond acceptors (Lipinski definition) is 6. The third-order valence-corrected chi connectivity index (χ3v) is 3.46. The average molecular weight is 310 g/mol. The molecule has 0 aromatic carbocycles. The molecule has 1 rings (SSSR count). The van der Waals surface area contributed by atoms with Crippen molar-refractivity contribution in [2.24, 2.45) is 5.92 Å². The minimum atomic E-state index is -0.442. The van der Waals surface area contributed by atoms with Crippen molar-refractivity contribution in [3.05, 3.63) is 11.8 Å². The molecule has 1 fully saturated rings. The van der Waals surface area contributed by atoms with Crippen LogP contribution in [0, 0.1) is 17.2 Å². The lowest BCUT2D eigenvalue weighted by molar-refractivity contribution is -0.124. The third-order valence-electron chi connectivity index (χ3n) is 2.60. The van der Waals surface area contributed by atoms with Crippen molar-refractivity contribution in [1.82, 2.24) is 15.5 Å². The Labute approximate surface area is 127 Å². The zero-order valence-corrected chi connectivity index (χ0v) is 12.8. The Morgan fingerprint density at radius 3 is 2.76 bits per heavy atom. The summed E-state index contributed by atoms with van der Waals surface area (Å²) in [5.74, 6) is -0.185. The van der Waals surface area contributed by atoms with E-state index in [0.717, 1.165) is 16.7 Å². The molecule has 0 spiro atoms. The summed E-state index contributed by atoms with van der Waals surface area (Å²) in [6.45, 7) is 4.91. The summed E-state index contributed by atoms with van der Waals surface area (Å²) >= 11 is 0.974. The van der Waals surface area contributed by atoms with Crippen molar-refractivity contribution >= 4 is 28.8 Å². The first-order chi connectivity index (χ1) is 9.95. The van der Waals surface area contributed by atoms with E-state index in [1.54, 1.807) is 6.07 Å². The fraction of sp³-hybridized carbons (Fsp3) is 0.538. The maximum atomic E-state index is 11.7. The van der Waals surface area contributed by atoms with E-state index in [1.165, 1.54) is 6.20 Å². The van der Waals surface area contributed by atoms with Crippen LogP contribution >= 0.6 is 11.8 Å². The molecule has 0 aromatic heterocycles. The van der Waals surface area contributed by atoms with Gasteiger partial charge in [0, 0.05) is 25.8 Å². The molecule has 0 aromatic rings. The minimum absolute atomic E-state index is 0.0379. The molecule has 1 aliphatic rings. The van der Waals surface area contributed by atoms with Crippen LogP contribution in [0.3, 0.4) is 0 Å². The predicted octanol–water partition coefficient (Wildman–Crippen LogP) is 0.451. The number of carbonyl (C=O) groups excluding carboxylic acids is 3. The van der Waals surface area contributed by atoms with Crippen molar-refractivity contribution in [2.75, 3.05) is 25.4 Å². The van der Waals surface area contributed by atoms with E-state index in [4.69, 9.17) is 5.26 Å². The SMILES string of the molecule is CC(C)CNC(=O)/C(C#N)=C\NCCN1C(=O)CSC1=O. The van der Waals surface area contributed by atoms with Gasteiger partial charge in [-0.1, -0.05) is 25.6 Å². The Morgan fingerprint density at radius 1 is 1.52 bits per heavy atom. The van der Waals surface area contributed by atoms with E-state index < -0.39 is 5.91 Å². The van der Waals surface area contributed by atoms with Crippen molar-refractivity contribution < 1.29 is 14.4 Å². The average Bonchev–Trinajstić information content (AvgIpc) is 2.76. The number of imide groups is 1. The predicted molar refractivity (Wildman–Crippen MR) is 79.1 cm³/mol. The molecular formula is C13H18N4O3S. The molecule has 0 bridgehead atoms. The second-order valence-electron chi connectivity index (χ2n) is 4.83. The number of thioether (sulfide) groups is 1. The minimum Gasteiger partial charge on any atom is -0.388 e. The lowest BCUT2D eigenvalue weighted by Gasteiger charge is -2.12. The lowest BCUT2D eigenvalue weighted by atomic mass is 10.2. The second-order valence-corrected chi connectivity index (χ2v) is 5.75. The quantitative estimate of drug-likeness (QED) is 0.402. The number of nitrogens with one attached hydrogen (secondary N) is 2. The van der Waals surface area contributed by atoms with E-state index in [2.05, 4.69) is 10.6 Å². The maximum absolute atomic E-state index is 11.7. The smallest absolute Gasteiger partial charge is 0.288 e. The number of rotatable bonds is 7. The van der Waals surface area contributed by atoms with Gasteiger partial charge in [-0.25, -0.2) is 0 Å². The summed E-state index contributed by atoms with van der Waals surface area (Å²) in [4.78, 5) is 35.5. The highest BCUT2D eigenvalue weighted by Crippen LogP contribution is 2.17. The molecule has 114 valence electrons. The molecule has 1 aliphatic heterocycles. The van der Waals surface area contributed by atoms with Gasteiger partial charge in [0.25, 0.3) is 11.1 Å². The maximum Gasteiger partial charge on any atom is 0.288 e. The Morgan fingerprint density at radius 2 is 2.24 bits per heavy atom. The third kappa shape index (κ3) is 5.47. The number of nitriles is 1. The Hall–Kier alpha value is -2.01. The van der Waals surface area contributed by atoms with Crippen LogP contribution < -0.4 is 10.6 Å². The Balaban J connectivity index is 2.39. The first-order valence-electron chi connectivity index (χ1n) is 6.54. The van der Waals surface area contributed by atoms with Crippen molar-refractivity contribution in [3.8, 4) is 6.07 Å². The van der Waals surface area contributed by atoms with Gasteiger partial charge in [0.05, 0.1) is 5.75 Å². The fourth-order valence-electron chi connectivity index (χ4n) is 1.49. The molecule has 8 heteroatoms. The van der Waals surface area contributed by atoms with Gasteiger partial charge >= 0.3 is 0 Å². The first-order valence-corrected chi connectivity index (χ1v) is 7.53. The summed E-state index contributed by atoms with van der Waals surface area (Å²) in [7, 11) is 0. The normalized spacial score (nSPS) is 15.3. The number of nitrogens with zero attached hydrogens (tertiary/aromatic N) is 2. The molecule has 1 saturated heterocycles. The molecule has 0 aliphatic carbocycles. The lowest BCUT2D eigenvalue weighted by Crippen LogP contribution is -2.34. The summed E-state index contributed by atoms with van der Waals surface area (Å²) in [5, 5.41) is 14.1. The molecule has 1 heterocycles. The molecule has 0 atom stereocenters. The molecular weight excluding hydrogens is 292 g/mol. The van der Waals surface area contributed by atoms with Crippen molar-refractivity contribution in [1.29, 1.82) is 5.26 Å². The van der Waals surface area contributed by atoms with Gasteiger partial charge in [0.1, 0.15) is 11.6 Å². The van der Waals surface area contributed by atoms with Crippen LogP contribution in [-0.4, -0.2) is 47.3 Å². The summed E-state index contributed by atoms with van der Waals surface area (Å²) in [6, 6.07) is 1.81. The highest BCUT2D eigenvalue weighted by Gasteiger charge is 2.28. The summed E-state index contributed by atoms with van der Waals surface area (Å²) in [6.07, 6.45) is 1.30. The molecule has 7 nitrogen and oxygen atoms in total. The summed E-state index contributed by atoms with van der Waals surface area (Å²) in [5.41, 5.74) is -0.0379.